The summed E-state index contributed by atoms with van der Waals surface area (Å²) in [5.41, 5.74) is 0.719. The number of aliphatic imine (C=N–C) groups is 1. The molecule has 1 aliphatic rings. The van der Waals surface area contributed by atoms with Gasteiger partial charge in [0.05, 0.1) is 13.2 Å². The molecule has 22 heavy (non-hydrogen) atoms. The predicted octanol–water partition coefficient (Wildman–Crippen LogP) is 1.82. The second-order valence-corrected chi connectivity index (χ2v) is 5.42. The minimum absolute atomic E-state index is 0.548. The molecule has 1 saturated heterocycles. The van der Waals surface area contributed by atoms with Crippen molar-refractivity contribution in [2.45, 2.75) is 0 Å². The zero-order chi connectivity index (χ0) is 15.6. The minimum Gasteiger partial charge on any atom is -0.490 e. The lowest BCUT2D eigenvalue weighted by Crippen LogP contribution is -2.38. The van der Waals surface area contributed by atoms with E-state index in [9.17, 15) is 0 Å². The Morgan fingerprint density at radius 3 is 2.95 bits per heavy atom. The first kappa shape index (κ1) is 16.6. The van der Waals surface area contributed by atoms with E-state index in [1.54, 1.807) is 0 Å². The maximum absolute atomic E-state index is 8.70. The van der Waals surface area contributed by atoms with E-state index < -0.39 is 0 Å². The molecule has 0 aliphatic carbocycles. The maximum Gasteiger partial charge on any atom is 0.183 e. The minimum atomic E-state index is 0.548. The Kier molecular flexibility index (Phi) is 7.03. The Morgan fingerprint density at radius 2 is 2.23 bits per heavy atom. The lowest BCUT2D eigenvalue weighted by molar-refractivity contribution is 0.0323. The average molecular weight is 320 g/mol. The van der Waals surface area contributed by atoms with E-state index in [4.69, 9.17) is 14.7 Å². The fraction of sp³-hybridized carbons (Fsp3) is 0.467. The summed E-state index contributed by atoms with van der Waals surface area (Å²) >= 11 is 1.38. The van der Waals surface area contributed by atoms with Crippen molar-refractivity contribution in [2.24, 2.45) is 4.99 Å². The highest BCUT2D eigenvalue weighted by Crippen LogP contribution is 2.27. The van der Waals surface area contributed by atoms with Crippen LogP contribution < -0.4 is 10.1 Å². The monoisotopic (exact) mass is 320 g/mol. The van der Waals surface area contributed by atoms with Gasteiger partial charge < -0.3 is 9.47 Å². The molecule has 1 aromatic carbocycles. The van der Waals surface area contributed by atoms with Crippen molar-refractivity contribution in [1.82, 2.24) is 10.2 Å². The molecule has 1 fully saturated rings. The highest BCUT2D eigenvalue weighted by molar-refractivity contribution is 8.13. The lowest BCUT2D eigenvalue weighted by Gasteiger charge is -2.26. The van der Waals surface area contributed by atoms with Gasteiger partial charge in [-0.15, -0.1) is 0 Å². The van der Waals surface area contributed by atoms with Gasteiger partial charge in [-0.05, 0) is 18.4 Å². The van der Waals surface area contributed by atoms with Gasteiger partial charge in [0, 0.05) is 19.6 Å². The predicted molar refractivity (Wildman–Crippen MR) is 88.6 cm³/mol. The van der Waals surface area contributed by atoms with Gasteiger partial charge in [-0.1, -0.05) is 23.9 Å². The molecule has 1 N–H and O–H groups in total. The van der Waals surface area contributed by atoms with Crippen LogP contribution in [0.3, 0.4) is 0 Å². The molecule has 0 bridgehead atoms. The van der Waals surface area contributed by atoms with Gasteiger partial charge in [-0.3, -0.25) is 10.2 Å². The summed E-state index contributed by atoms with van der Waals surface area (Å²) in [6.45, 7) is 4.95. The van der Waals surface area contributed by atoms with Crippen LogP contribution in [0.5, 0.6) is 5.75 Å². The van der Waals surface area contributed by atoms with E-state index in [1.807, 2.05) is 36.7 Å². The summed E-state index contributed by atoms with van der Waals surface area (Å²) < 4.78 is 11.2. The van der Waals surface area contributed by atoms with Crippen LogP contribution in [-0.2, 0) is 4.74 Å². The number of nitriles is 1. The van der Waals surface area contributed by atoms with Gasteiger partial charge >= 0.3 is 0 Å². The molecule has 0 amide bonds. The lowest BCUT2D eigenvalue weighted by atomic mass is 10.3. The molecule has 0 atom stereocenters. The smallest absolute Gasteiger partial charge is 0.183 e. The molecule has 1 aliphatic heterocycles. The van der Waals surface area contributed by atoms with Gasteiger partial charge in [0.2, 0.25) is 0 Å². The number of benzene rings is 1. The Morgan fingerprint density at radius 1 is 1.45 bits per heavy atom. The zero-order valence-corrected chi connectivity index (χ0v) is 13.4. The van der Waals surface area contributed by atoms with Crippen LogP contribution in [0.4, 0.5) is 5.69 Å². The SMILES string of the molecule is CSC(=Nc1ccccc1OCCN1CCOCC1)NC#N. The molecular formula is C15H20N4O2S. The molecule has 2 rings (SSSR count). The van der Waals surface area contributed by atoms with Crippen LogP contribution in [0, 0.1) is 11.5 Å². The van der Waals surface area contributed by atoms with Crippen LogP contribution in [0.1, 0.15) is 0 Å². The molecule has 1 aromatic rings. The Labute approximate surface area is 135 Å². The summed E-state index contributed by atoms with van der Waals surface area (Å²) in [5, 5.41) is 11.8. The fourth-order valence-electron chi connectivity index (χ4n) is 2.06. The number of nitrogens with zero attached hydrogens (tertiary/aromatic N) is 3. The van der Waals surface area contributed by atoms with Crippen molar-refractivity contribution in [3.63, 3.8) is 0 Å². The Balaban J connectivity index is 1.94. The summed E-state index contributed by atoms with van der Waals surface area (Å²) in [6, 6.07) is 7.58. The number of hydrogen-bond donors (Lipinski definition) is 1. The quantitative estimate of drug-likeness (QED) is 0.386. The second-order valence-electron chi connectivity index (χ2n) is 4.63. The third-order valence-electron chi connectivity index (χ3n) is 3.21. The highest BCUT2D eigenvalue weighted by atomic mass is 32.2. The van der Waals surface area contributed by atoms with Crippen LogP contribution in [0.2, 0.25) is 0 Å². The van der Waals surface area contributed by atoms with Crippen LogP contribution in [0.25, 0.3) is 0 Å². The first-order valence-corrected chi connectivity index (χ1v) is 8.35. The largest absolute Gasteiger partial charge is 0.490 e. The van der Waals surface area contributed by atoms with Crippen molar-refractivity contribution in [3.05, 3.63) is 24.3 Å². The van der Waals surface area contributed by atoms with E-state index in [0.717, 1.165) is 44.3 Å². The van der Waals surface area contributed by atoms with Crippen molar-refractivity contribution in [3.8, 4) is 11.9 Å². The molecule has 0 unspecified atom stereocenters. The topological polar surface area (TPSA) is 69.9 Å². The van der Waals surface area contributed by atoms with Gasteiger partial charge in [0.15, 0.2) is 11.4 Å². The Bertz CT molecular complexity index is 539. The molecular weight excluding hydrogens is 300 g/mol. The van der Waals surface area contributed by atoms with E-state index in [0.29, 0.717) is 11.8 Å². The molecule has 118 valence electrons. The number of morpholine rings is 1. The number of nitrogens with one attached hydrogen (secondary N) is 1. The number of ether oxygens (including phenoxy) is 2. The van der Waals surface area contributed by atoms with Crippen molar-refractivity contribution in [2.75, 3.05) is 45.7 Å². The van der Waals surface area contributed by atoms with E-state index in [2.05, 4.69) is 15.2 Å². The molecule has 6 nitrogen and oxygen atoms in total. The number of para-hydroxylation sites is 2. The number of rotatable bonds is 5. The van der Waals surface area contributed by atoms with Crippen LogP contribution in [0.15, 0.2) is 29.3 Å². The van der Waals surface area contributed by atoms with E-state index in [-0.39, 0.29) is 0 Å². The molecule has 7 heteroatoms. The van der Waals surface area contributed by atoms with Crippen molar-refractivity contribution >= 4 is 22.6 Å². The van der Waals surface area contributed by atoms with Gasteiger partial charge in [0.1, 0.15) is 18.0 Å². The third-order valence-corrected chi connectivity index (χ3v) is 3.79. The molecule has 0 spiro atoms. The second kappa shape index (κ2) is 9.30. The van der Waals surface area contributed by atoms with Crippen LogP contribution in [-0.4, -0.2) is 55.8 Å². The maximum atomic E-state index is 8.70. The summed E-state index contributed by atoms with van der Waals surface area (Å²) in [5.74, 6) is 0.724. The van der Waals surface area contributed by atoms with Gasteiger partial charge in [0.25, 0.3) is 0 Å². The van der Waals surface area contributed by atoms with Crippen molar-refractivity contribution in [1.29, 1.82) is 5.26 Å². The fourth-order valence-corrected chi connectivity index (χ4v) is 2.40. The van der Waals surface area contributed by atoms with E-state index in [1.165, 1.54) is 11.8 Å². The van der Waals surface area contributed by atoms with Gasteiger partial charge in [-0.2, -0.15) is 5.26 Å². The number of thioether (sulfide) groups is 1. The van der Waals surface area contributed by atoms with Gasteiger partial charge in [-0.25, -0.2) is 4.99 Å². The number of amidine groups is 1. The molecule has 1 heterocycles. The number of hydrogen-bond acceptors (Lipinski definition) is 6. The summed E-state index contributed by atoms with van der Waals surface area (Å²) in [6.07, 6.45) is 3.75. The first-order valence-electron chi connectivity index (χ1n) is 7.13. The zero-order valence-electron chi connectivity index (χ0n) is 12.6. The molecule has 0 aromatic heterocycles. The average Bonchev–Trinajstić information content (AvgIpc) is 2.57. The standard InChI is InChI=1S/C15H20N4O2S/c1-22-15(17-12-16)18-13-4-2-3-5-14(13)21-11-8-19-6-9-20-10-7-19/h2-5H,6-11H2,1H3,(H,17,18). The molecule has 0 saturated carbocycles. The normalized spacial score (nSPS) is 16.1. The first-order chi connectivity index (χ1) is 10.8. The van der Waals surface area contributed by atoms with Crippen LogP contribution >= 0.6 is 11.8 Å². The Hall–Kier alpha value is -1.75. The van der Waals surface area contributed by atoms with Crippen molar-refractivity contribution < 1.29 is 9.47 Å². The summed E-state index contributed by atoms with van der Waals surface area (Å²) in [7, 11) is 0. The third kappa shape index (κ3) is 5.22. The summed E-state index contributed by atoms with van der Waals surface area (Å²) in [4.78, 5) is 6.74. The highest BCUT2D eigenvalue weighted by Gasteiger charge is 2.10. The molecule has 0 radical (unpaired) electrons. The van der Waals surface area contributed by atoms with E-state index >= 15 is 0 Å².